The number of methoxy groups -OCH3 is 1. The molecule has 2 fully saturated rings. The van der Waals surface area contributed by atoms with E-state index in [-0.39, 0.29) is 23.7 Å². The average Bonchev–Trinajstić information content (AvgIpc) is 3.24. The van der Waals surface area contributed by atoms with Gasteiger partial charge in [-0.3, -0.25) is 14.8 Å². The molecule has 5 rings (SSSR count). The normalized spacial score (nSPS) is 32.7. The fourth-order valence-electron chi connectivity index (χ4n) is 5.32. The Labute approximate surface area is 176 Å². The molecule has 2 bridgehead atoms. The first-order valence-corrected chi connectivity index (χ1v) is 10.7. The van der Waals surface area contributed by atoms with Gasteiger partial charge in [0.25, 0.3) is 0 Å². The number of rotatable bonds is 5. The lowest BCUT2D eigenvalue weighted by Crippen LogP contribution is -2.53. The van der Waals surface area contributed by atoms with E-state index in [1.54, 1.807) is 13.3 Å². The molecule has 5 atom stereocenters. The van der Waals surface area contributed by atoms with Gasteiger partial charge < -0.3 is 14.4 Å². The van der Waals surface area contributed by atoms with Crippen LogP contribution >= 0.6 is 0 Å². The smallest absolute Gasteiger partial charge is 0.228 e. The Morgan fingerprint density at radius 2 is 1.97 bits per heavy atom. The van der Waals surface area contributed by atoms with Gasteiger partial charge in [-0.25, -0.2) is 0 Å². The van der Waals surface area contributed by atoms with Crippen molar-refractivity contribution >= 4 is 11.6 Å². The molecule has 2 aliphatic heterocycles. The highest BCUT2D eigenvalue weighted by molar-refractivity contribution is 6.01. The molecule has 156 valence electrons. The minimum atomic E-state index is -0.791. The second-order valence-electron chi connectivity index (χ2n) is 8.46. The van der Waals surface area contributed by atoms with Crippen LogP contribution in [0.3, 0.4) is 0 Å². The first-order valence-electron chi connectivity index (χ1n) is 10.7. The number of carbonyl (C=O) groups excluding carboxylic acids is 1. The van der Waals surface area contributed by atoms with Crippen molar-refractivity contribution < 1.29 is 14.3 Å². The Hall–Kier alpha value is -2.57. The average molecular weight is 405 g/mol. The fourth-order valence-corrected chi connectivity index (χ4v) is 5.32. The molecule has 0 unspecified atom stereocenters. The van der Waals surface area contributed by atoms with Crippen molar-refractivity contribution in [1.29, 1.82) is 0 Å². The van der Waals surface area contributed by atoms with Gasteiger partial charge in [0.2, 0.25) is 5.91 Å². The number of likely N-dealkylation sites (tertiary alicyclic amines) is 1. The Bertz CT molecular complexity index is 949. The Kier molecular flexibility index (Phi) is 4.91. The summed E-state index contributed by atoms with van der Waals surface area (Å²) in [5.74, 6) is 0.489. The van der Waals surface area contributed by atoms with Gasteiger partial charge in [-0.05, 0) is 36.0 Å². The Morgan fingerprint density at radius 3 is 2.70 bits per heavy atom. The fraction of sp³-hybridized carbons (Fsp3) is 0.458. The van der Waals surface area contributed by atoms with Gasteiger partial charge in [-0.15, -0.1) is 0 Å². The molecule has 1 aromatic heterocycles. The van der Waals surface area contributed by atoms with Crippen LogP contribution in [-0.4, -0.2) is 47.5 Å². The topological polar surface area (TPSA) is 64.0 Å². The van der Waals surface area contributed by atoms with E-state index in [9.17, 15) is 4.79 Å². The van der Waals surface area contributed by atoms with Gasteiger partial charge >= 0.3 is 0 Å². The van der Waals surface area contributed by atoms with E-state index in [4.69, 9.17) is 14.5 Å². The highest BCUT2D eigenvalue weighted by Crippen LogP contribution is 2.53. The lowest BCUT2D eigenvalue weighted by molar-refractivity contribution is -0.151. The molecule has 30 heavy (non-hydrogen) atoms. The highest BCUT2D eigenvalue weighted by Gasteiger charge is 2.62. The highest BCUT2D eigenvalue weighted by atomic mass is 16.6. The van der Waals surface area contributed by atoms with Gasteiger partial charge in [-0.2, -0.15) is 0 Å². The summed E-state index contributed by atoms with van der Waals surface area (Å²) < 4.78 is 11.9. The second-order valence-corrected chi connectivity index (χ2v) is 8.46. The van der Waals surface area contributed by atoms with Gasteiger partial charge in [-0.1, -0.05) is 43.3 Å². The summed E-state index contributed by atoms with van der Waals surface area (Å²) in [4.78, 5) is 24.9. The van der Waals surface area contributed by atoms with Gasteiger partial charge in [0.15, 0.2) is 12.0 Å². The van der Waals surface area contributed by atoms with Crippen LogP contribution in [0.25, 0.3) is 0 Å². The van der Waals surface area contributed by atoms with Crippen LogP contribution in [0.15, 0.2) is 59.7 Å². The van der Waals surface area contributed by atoms with Crippen molar-refractivity contribution in [1.82, 2.24) is 9.88 Å². The standard InChI is InChI=1S/C24H27N3O3/c1-16-18(17-8-4-3-5-9-17)14-21-24(15-19(16)23(28)27(24)12-13-29-2)30-22(26-21)20-10-6-7-11-25-20/h3-11,16,18-19,22H,12-15H2,1-2H3/t16-,18+,19+,22-,24+/m1/s1. The predicted octanol–water partition coefficient (Wildman–Crippen LogP) is 3.57. The van der Waals surface area contributed by atoms with E-state index in [2.05, 4.69) is 36.2 Å². The number of benzene rings is 1. The van der Waals surface area contributed by atoms with Gasteiger partial charge in [0, 0.05) is 32.2 Å². The summed E-state index contributed by atoms with van der Waals surface area (Å²) in [5, 5.41) is 0. The third kappa shape index (κ3) is 2.97. The summed E-state index contributed by atoms with van der Waals surface area (Å²) >= 11 is 0. The van der Waals surface area contributed by atoms with E-state index in [0.717, 1.165) is 17.8 Å². The Morgan fingerprint density at radius 1 is 1.17 bits per heavy atom. The molecule has 1 spiro atoms. The molecule has 1 saturated heterocycles. The molecule has 1 amide bonds. The zero-order chi connectivity index (χ0) is 20.7. The molecule has 1 aliphatic carbocycles. The number of fused-ring (bicyclic) bond motifs is 1. The summed E-state index contributed by atoms with van der Waals surface area (Å²) in [6, 6.07) is 16.2. The molecule has 1 saturated carbocycles. The molecular weight excluding hydrogens is 378 g/mol. The minimum absolute atomic E-state index is 0.0951. The largest absolute Gasteiger partial charge is 0.383 e. The number of pyridine rings is 1. The zero-order valence-corrected chi connectivity index (χ0v) is 17.4. The van der Waals surface area contributed by atoms with Crippen LogP contribution in [-0.2, 0) is 14.3 Å². The first-order chi connectivity index (χ1) is 14.6. The first kappa shape index (κ1) is 19.4. The molecule has 0 N–H and O–H groups in total. The number of ether oxygens (including phenoxy) is 2. The van der Waals surface area contributed by atoms with Crippen LogP contribution in [0, 0.1) is 11.8 Å². The third-order valence-electron chi connectivity index (χ3n) is 6.92. The molecular formula is C24H27N3O3. The molecule has 3 heterocycles. The van der Waals surface area contributed by atoms with Crippen LogP contribution < -0.4 is 0 Å². The van der Waals surface area contributed by atoms with E-state index >= 15 is 0 Å². The zero-order valence-electron chi connectivity index (χ0n) is 17.4. The maximum atomic E-state index is 13.5. The van der Waals surface area contributed by atoms with Crippen molar-refractivity contribution in [2.24, 2.45) is 16.8 Å². The lowest BCUT2D eigenvalue weighted by atomic mass is 9.78. The van der Waals surface area contributed by atoms with E-state index in [0.29, 0.717) is 19.6 Å². The second kappa shape index (κ2) is 7.60. The van der Waals surface area contributed by atoms with Crippen LogP contribution in [0.4, 0.5) is 0 Å². The number of amides is 1. The van der Waals surface area contributed by atoms with Crippen LogP contribution in [0.5, 0.6) is 0 Å². The molecule has 6 nitrogen and oxygen atoms in total. The van der Waals surface area contributed by atoms with Crippen molar-refractivity contribution in [3.8, 4) is 0 Å². The van der Waals surface area contributed by atoms with Crippen molar-refractivity contribution in [2.75, 3.05) is 20.3 Å². The number of hydrogen-bond donors (Lipinski definition) is 0. The number of aromatic nitrogens is 1. The maximum Gasteiger partial charge on any atom is 0.228 e. The van der Waals surface area contributed by atoms with Crippen molar-refractivity contribution in [3.63, 3.8) is 0 Å². The summed E-state index contributed by atoms with van der Waals surface area (Å²) in [7, 11) is 1.66. The molecule has 0 radical (unpaired) electrons. The molecule has 3 aliphatic rings. The Balaban J connectivity index is 1.58. The number of carbonyl (C=O) groups is 1. The summed E-state index contributed by atoms with van der Waals surface area (Å²) in [5.41, 5.74) is 2.20. The summed E-state index contributed by atoms with van der Waals surface area (Å²) in [6.45, 7) is 3.18. The quantitative estimate of drug-likeness (QED) is 0.763. The summed E-state index contributed by atoms with van der Waals surface area (Å²) in [6.07, 6.45) is 2.69. The lowest BCUT2D eigenvalue weighted by Gasteiger charge is -2.37. The molecule has 6 heteroatoms. The monoisotopic (exact) mass is 405 g/mol. The minimum Gasteiger partial charge on any atom is -0.383 e. The number of aliphatic imine (C=N–C) groups is 1. The van der Waals surface area contributed by atoms with Crippen LogP contribution in [0.1, 0.15) is 43.2 Å². The predicted molar refractivity (Wildman–Crippen MR) is 113 cm³/mol. The van der Waals surface area contributed by atoms with Crippen LogP contribution in [0.2, 0.25) is 0 Å². The number of hydrogen-bond acceptors (Lipinski definition) is 5. The molecule has 2 aromatic rings. The van der Waals surface area contributed by atoms with Crippen molar-refractivity contribution in [3.05, 3.63) is 66.0 Å². The third-order valence-corrected chi connectivity index (χ3v) is 6.92. The number of nitrogens with zero attached hydrogens (tertiary/aromatic N) is 3. The molecule has 1 aromatic carbocycles. The van der Waals surface area contributed by atoms with Gasteiger partial charge in [0.1, 0.15) is 0 Å². The SMILES string of the molecule is COCCN1C(=O)[C@H]2C[C@@]13O[C@H](c1ccccn1)N=C3C[C@H](c1ccccc1)[C@H]2C. The van der Waals surface area contributed by atoms with E-state index in [1.165, 1.54) is 5.56 Å². The van der Waals surface area contributed by atoms with E-state index < -0.39 is 12.0 Å². The van der Waals surface area contributed by atoms with E-state index in [1.807, 2.05) is 29.2 Å². The van der Waals surface area contributed by atoms with Gasteiger partial charge in [0.05, 0.1) is 18.0 Å². The maximum absolute atomic E-state index is 13.5. The van der Waals surface area contributed by atoms with Crippen molar-refractivity contribution in [2.45, 2.75) is 37.6 Å².